The van der Waals surface area contributed by atoms with Gasteiger partial charge in [-0.3, -0.25) is 9.59 Å². The summed E-state index contributed by atoms with van der Waals surface area (Å²) >= 11 is 12.6. The van der Waals surface area contributed by atoms with Crippen molar-refractivity contribution in [2.45, 2.75) is 45.8 Å². The molecule has 1 atom stereocenters. The van der Waals surface area contributed by atoms with Crippen LogP contribution in [-0.2, 0) is 11.8 Å². The Hall–Kier alpha value is -4.09. The zero-order valence-electron chi connectivity index (χ0n) is 23.9. The molecule has 13 heteroatoms. The topological polar surface area (TPSA) is 123 Å². The fourth-order valence-corrected chi connectivity index (χ4v) is 5.56. The van der Waals surface area contributed by atoms with Crippen LogP contribution in [0.3, 0.4) is 0 Å². The number of carbonyl (C=O) groups excluding carboxylic acids is 2. The molecule has 0 saturated carbocycles. The number of amides is 2. The van der Waals surface area contributed by atoms with Crippen molar-refractivity contribution in [3.8, 4) is 5.69 Å². The van der Waals surface area contributed by atoms with E-state index in [0.29, 0.717) is 25.2 Å². The average molecular weight is 613 g/mol. The SMILES string of the molecule is Cc1nc2ccc(NC(=O)c3ccnn(-c4c(Cl)cccc4Cl)c3=O)c(N3CC[C@H](NC(=O)OC(C)(C)C)C3)c2n1C. The van der Waals surface area contributed by atoms with Crippen molar-refractivity contribution in [1.29, 1.82) is 0 Å². The number of para-hydroxylation sites is 1. The molecule has 4 aromatic rings. The van der Waals surface area contributed by atoms with Gasteiger partial charge in [0.15, 0.2) is 0 Å². The molecule has 42 heavy (non-hydrogen) atoms. The third-order valence-corrected chi connectivity index (χ3v) is 7.56. The highest BCUT2D eigenvalue weighted by molar-refractivity contribution is 6.37. The number of aryl methyl sites for hydroxylation is 2. The first-order valence-electron chi connectivity index (χ1n) is 13.4. The maximum absolute atomic E-state index is 13.6. The van der Waals surface area contributed by atoms with Gasteiger partial charge >= 0.3 is 6.09 Å². The molecule has 0 bridgehead atoms. The summed E-state index contributed by atoms with van der Waals surface area (Å²) in [7, 11) is 1.90. The fourth-order valence-electron chi connectivity index (χ4n) is 5.00. The minimum atomic E-state index is -0.674. The molecule has 0 spiro atoms. The van der Waals surface area contributed by atoms with E-state index in [1.165, 1.54) is 12.3 Å². The Morgan fingerprint density at radius 2 is 1.79 bits per heavy atom. The lowest BCUT2D eigenvalue weighted by Gasteiger charge is -2.25. The molecular formula is C29H31Cl2N7O4. The third kappa shape index (κ3) is 5.79. The van der Waals surface area contributed by atoms with E-state index in [0.717, 1.165) is 27.2 Å². The lowest BCUT2D eigenvalue weighted by molar-refractivity contribution is 0.0509. The van der Waals surface area contributed by atoms with E-state index in [1.807, 2.05) is 45.4 Å². The molecule has 1 fully saturated rings. The van der Waals surface area contributed by atoms with Gasteiger partial charge in [-0.1, -0.05) is 29.3 Å². The van der Waals surface area contributed by atoms with Gasteiger partial charge in [0.25, 0.3) is 11.5 Å². The largest absolute Gasteiger partial charge is 0.444 e. The van der Waals surface area contributed by atoms with E-state index < -0.39 is 23.2 Å². The second-order valence-electron chi connectivity index (χ2n) is 11.1. The number of fused-ring (bicyclic) bond motifs is 1. The van der Waals surface area contributed by atoms with Crippen LogP contribution in [0.25, 0.3) is 16.7 Å². The Morgan fingerprint density at radius 3 is 2.48 bits per heavy atom. The van der Waals surface area contributed by atoms with Crippen molar-refractivity contribution < 1.29 is 14.3 Å². The molecule has 0 aliphatic carbocycles. The van der Waals surface area contributed by atoms with Gasteiger partial charge in [0.05, 0.1) is 38.5 Å². The molecule has 3 heterocycles. The summed E-state index contributed by atoms with van der Waals surface area (Å²) in [5.41, 5.74) is 1.57. The fraction of sp³-hybridized carbons (Fsp3) is 0.345. The molecule has 2 N–H and O–H groups in total. The van der Waals surface area contributed by atoms with Crippen LogP contribution in [-0.4, -0.2) is 56.1 Å². The normalized spacial score (nSPS) is 15.2. The van der Waals surface area contributed by atoms with Crippen molar-refractivity contribution in [1.82, 2.24) is 24.6 Å². The summed E-state index contributed by atoms with van der Waals surface area (Å²) in [6.07, 6.45) is 1.54. The van der Waals surface area contributed by atoms with Crippen LogP contribution in [0.1, 0.15) is 43.4 Å². The zero-order valence-corrected chi connectivity index (χ0v) is 25.4. The zero-order chi connectivity index (χ0) is 30.3. The van der Waals surface area contributed by atoms with Crippen molar-refractivity contribution in [3.05, 3.63) is 74.4 Å². The minimum Gasteiger partial charge on any atom is -0.444 e. The number of anilines is 2. The number of rotatable bonds is 5. The number of imidazole rings is 1. The Balaban J connectivity index is 1.49. The van der Waals surface area contributed by atoms with E-state index in [2.05, 4.69) is 25.6 Å². The highest BCUT2D eigenvalue weighted by Gasteiger charge is 2.30. The van der Waals surface area contributed by atoms with E-state index >= 15 is 0 Å². The van der Waals surface area contributed by atoms with Gasteiger partial charge < -0.3 is 24.8 Å². The first kappa shape index (κ1) is 29.4. The van der Waals surface area contributed by atoms with Crippen LogP contribution in [0.5, 0.6) is 0 Å². The van der Waals surface area contributed by atoms with Crippen molar-refractivity contribution >= 4 is 57.6 Å². The smallest absolute Gasteiger partial charge is 0.407 e. The molecule has 2 aromatic carbocycles. The molecule has 1 saturated heterocycles. The van der Waals surface area contributed by atoms with E-state index in [-0.39, 0.29) is 27.3 Å². The summed E-state index contributed by atoms with van der Waals surface area (Å²) in [5, 5.41) is 10.4. The van der Waals surface area contributed by atoms with E-state index in [1.54, 1.807) is 24.3 Å². The Labute approximate surface area is 252 Å². The number of nitrogens with one attached hydrogen (secondary N) is 2. The van der Waals surface area contributed by atoms with Gasteiger partial charge in [-0.2, -0.15) is 9.78 Å². The highest BCUT2D eigenvalue weighted by Crippen LogP contribution is 2.37. The van der Waals surface area contributed by atoms with Crippen molar-refractivity contribution in [2.24, 2.45) is 7.05 Å². The molecule has 0 unspecified atom stereocenters. The Bertz CT molecular complexity index is 1740. The van der Waals surface area contributed by atoms with Crippen LogP contribution in [0.4, 0.5) is 16.2 Å². The number of halogens is 2. The maximum atomic E-state index is 13.6. The van der Waals surface area contributed by atoms with Gasteiger partial charge in [0.1, 0.15) is 22.7 Å². The monoisotopic (exact) mass is 611 g/mol. The predicted molar refractivity (Wildman–Crippen MR) is 163 cm³/mol. The summed E-state index contributed by atoms with van der Waals surface area (Å²) in [5.74, 6) is 0.174. The Morgan fingerprint density at radius 1 is 1.07 bits per heavy atom. The van der Waals surface area contributed by atoms with Crippen LogP contribution in [0.2, 0.25) is 10.0 Å². The van der Waals surface area contributed by atoms with Gasteiger partial charge in [-0.05, 0) is 64.4 Å². The number of aromatic nitrogens is 4. The molecule has 220 valence electrons. The summed E-state index contributed by atoms with van der Waals surface area (Å²) in [6, 6.07) is 9.59. The molecular weight excluding hydrogens is 581 g/mol. The van der Waals surface area contributed by atoms with Gasteiger partial charge in [-0.25, -0.2) is 9.78 Å². The van der Waals surface area contributed by atoms with Crippen LogP contribution >= 0.6 is 23.2 Å². The van der Waals surface area contributed by atoms with Gasteiger partial charge in [0.2, 0.25) is 0 Å². The molecule has 0 radical (unpaired) electrons. The second kappa shape index (κ2) is 11.3. The van der Waals surface area contributed by atoms with Gasteiger partial charge in [-0.15, -0.1) is 0 Å². The molecule has 5 rings (SSSR count). The third-order valence-electron chi connectivity index (χ3n) is 6.95. The first-order chi connectivity index (χ1) is 19.8. The predicted octanol–water partition coefficient (Wildman–Crippen LogP) is 5.09. The van der Waals surface area contributed by atoms with E-state index in [9.17, 15) is 14.4 Å². The molecule has 2 amide bonds. The highest BCUT2D eigenvalue weighted by atomic mass is 35.5. The molecule has 11 nitrogen and oxygen atoms in total. The summed E-state index contributed by atoms with van der Waals surface area (Å²) in [4.78, 5) is 46.2. The number of carbonyl (C=O) groups is 2. The van der Waals surface area contributed by atoms with Crippen LogP contribution < -0.4 is 21.1 Å². The van der Waals surface area contributed by atoms with E-state index in [4.69, 9.17) is 27.9 Å². The summed E-state index contributed by atoms with van der Waals surface area (Å²) < 4.78 is 8.40. The first-order valence-corrected chi connectivity index (χ1v) is 14.1. The number of hydrogen-bond donors (Lipinski definition) is 2. The van der Waals surface area contributed by atoms with Gasteiger partial charge in [0, 0.05) is 26.3 Å². The minimum absolute atomic E-state index is 0.140. The van der Waals surface area contributed by atoms with Crippen LogP contribution in [0.15, 0.2) is 47.4 Å². The molecule has 2 aromatic heterocycles. The van der Waals surface area contributed by atoms with Crippen molar-refractivity contribution in [3.63, 3.8) is 0 Å². The Kier molecular flexibility index (Phi) is 7.91. The number of benzene rings is 2. The maximum Gasteiger partial charge on any atom is 0.407 e. The number of nitrogens with zero attached hydrogens (tertiary/aromatic N) is 5. The van der Waals surface area contributed by atoms with Crippen LogP contribution in [0, 0.1) is 6.92 Å². The number of ether oxygens (including phenoxy) is 1. The average Bonchev–Trinajstić information content (AvgIpc) is 3.47. The summed E-state index contributed by atoms with van der Waals surface area (Å²) in [6.45, 7) is 8.44. The van der Waals surface area contributed by atoms with Crippen molar-refractivity contribution in [2.75, 3.05) is 23.3 Å². The lowest BCUT2D eigenvalue weighted by atomic mass is 10.2. The molecule has 1 aliphatic heterocycles. The quantitative estimate of drug-likeness (QED) is 0.322. The lowest BCUT2D eigenvalue weighted by Crippen LogP contribution is -2.40. The number of alkyl carbamates (subject to hydrolysis) is 1. The second-order valence-corrected chi connectivity index (χ2v) is 11.9. The number of hydrogen-bond acceptors (Lipinski definition) is 7. The molecule has 1 aliphatic rings. The standard InChI is InChI=1S/C29H31Cl2N7O4/c1-16-33-21-9-10-22(25(24(21)36(16)5)37-14-12-17(15-37)34-28(41)42-29(2,3)4)35-26(39)18-11-13-32-38(27(18)40)23-19(30)7-6-8-20(23)31/h6-11,13,17H,12,14-15H2,1-5H3,(H,34,41)(H,35,39)/t17-/m0/s1.